The predicted octanol–water partition coefficient (Wildman–Crippen LogP) is 3.08. The average Bonchev–Trinajstić information content (AvgIpc) is 3.06. The Morgan fingerprint density at radius 3 is 2.29 bits per heavy atom. The molecule has 2 aromatic carbocycles. The van der Waals surface area contributed by atoms with Crippen molar-refractivity contribution in [2.75, 3.05) is 13.7 Å². The highest BCUT2D eigenvalue weighted by Gasteiger charge is 2.50. The molecule has 1 atom stereocenters. The molecule has 1 aliphatic heterocycles. The van der Waals surface area contributed by atoms with Gasteiger partial charge in [0.1, 0.15) is 5.54 Å². The van der Waals surface area contributed by atoms with E-state index in [0.29, 0.717) is 24.9 Å². The fraction of sp³-hybridized carbons (Fsp3) is 0.300. The summed E-state index contributed by atoms with van der Waals surface area (Å²) in [5.74, 6) is -0.456. The number of benzene rings is 2. The molecule has 3 rings (SSSR count). The molecule has 24 heavy (non-hydrogen) atoms. The number of carbonyl (C=O) groups excluding carboxylic acids is 2. The number of rotatable bonds is 4. The molecular weight excluding hydrogens is 302 g/mol. The van der Waals surface area contributed by atoms with Gasteiger partial charge in [0.25, 0.3) is 5.91 Å². The van der Waals surface area contributed by atoms with E-state index in [1.54, 1.807) is 17.0 Å². The highest BCUT2D eigenvalue weighted by atomic mass is 16.5. The molecule has 1 saturated heterocycles. The Labute approximate surface area is 142 Å². The number of esters is 1. The van der Waals surface area contributed by atoms with E-state index in [0.717, 1.165) is 12.0 Å². The van der Waals surface area contributed by atoms with E-state index >= 15 is 0 Å². The van der Waals surface area contributed by atoms with Gasteiger partial charge in [-0.3, -0.25) is 4.79 Å². The first-order valence-corrected chi connectivity index (χ1v) is 8.17. The van der Waals surface area contributed by atoms with Crippen LogP contribution in [0.3, 0.4) is 0 Å². The molecule has 1 amide bonds. The van der Waals surface area contributed by atoms with E-state index in [-0.39, 0.29) is 11.9 Å². The van der Waals surface area contributed by atoms with Crippen LogP contribution in [0.4, 0.5) is 0 Å². The second kappa shape index (κ2) is 6.87. The summed E-state index contributed by atoms with van der Waals surface area (Å²) in [6.07, 6.45) is 1.88. The second-order valence-corrected chi connectivity index (χ2v) is 6.11. The number of likely N-dealkylation sites (tertiary alicyclic amines) is 1. The van der Waals surface area contributed by atoms with E-state index in [4.69, 9.17) is 4.74 Å². The fourth-order valence-corrected chi connectivity index (χ4v) is 3.50. The monoisotopic (exact) mass is 323 g/mol. The fourth-order valence-electron chi connectivity index (χ4n) is 3.50. The highest BCUT2D eigenvalue weighted by Crippen LogP contribution is 2.35. The molecule has 2 aromatic rings. The van der Waals surface area contributed by atoms with Gasteiger partial charge in [-0.15, -0.1) is 0 Å². The van der Waals surface area contributed by atoms with Crippen molar-refractivity contribution in [3.63, 3.8) is 0 Å². The van der Waals surface area contributed by atoms with Crippen LogP contribution in [0.25, 0.3) is 0 Å². The minimum absolute atomic E-state index is 0.116. The maximum Gasteiger partial charge on any atom is 0.332 e. The van der Waals surface area contributed by atoms with Crippen molar-refractivity contribution in [1.82, 2.24) is 4.90 Å². The quantitative estimate of drug-likeness (QED) is 0.812. The zero-order chi connectivity index (χ0) is 17.0. The molecule has 4 nitrogen and oxygen atoms in total. The van der Waals surface area contributed by atoms with Crippen molar-refractivity contribution in [2.24, 2.45) is 0 Å². The van der Waals surface area contributed by atoms with Crippen molar-refractivity contribution in [2.45, 2.75) is 24.8 Å². The minimum atomic E-state index is -0.928. The van der Waals surface area contributed by atoms with Crippen molar-refractivity contribution in [3.8, 4) is 0 Å². The molecule has 4 heteroatoms. The molecule has 124 valence electrons. The summed E-state index contributed by atoms with van der Waals surface area (Å²) >= 11 is 0. The summed E-state index contributed by atoms with van der Waals surface area (Å²) in [6, 6.07) is 18.9. The van der Waals surface area contributed by atoms with Gasteiger partial charge in [0.05, 0.1) is 7.11 Å². The normalized spacial score (nSPS) is 20.0. The van der Waals surface area contributed by atoms with Crippen LogP contribution in [0.2, 0.25) is 0 Å². The third-order valence-corrected chi connectivity index (χ3v) is 4.66. The van der Waals surface area contributed by atoms with Gasteiger partial charge in [0.15, 0.2) is 0 Å². The largest absolute Gasteiger partial charge is 0.467 e. The van der Waals surface area contributed by atoms with Gasteiger partial charge in [-0.05, 0) is 30.5 Å². The van der Waals surface area contributed by atoms with Crippen LogP contribution >= 0.6 is 0 Å². The average molecular weight is 323 g/mol. The van der Waals surface area contributed by atoms with Crippen LogP contribution in [0.5, 0.6) is 0 Å². The summed E-state index contributed by atoms with van der Waals surface area (Å²) in [5.41, 5.74) is 0.694. The zero-order valence-corrected chi connectivity index (χ0v) is 13.8. The van der Waals surface area contributed by atoms with E-state index in [9.17, 15) is 9.59 Å². The lowest BCUT2D eigenvalue weighted by molar-refractivity contribution is -0.152. The van der Waals surface area contributed by atoms with E-state index in [1.807, 2.05) is 48.5 Å². The van der Waals surface area contributed by atoms with E-state index < -0.39 is 5.54 Å². The molecular formula is C20H21NO3. The Morgan fingerprint density at radius 1 is 1.04 bits per heavy atom. The van der Waals surface area contributed by atoms with Crippen LogP contribution < -0.4 is 0 Å². The molecule has 1 fully saturated rings. The van der Waals surface area contributed by atoms with Crippen LogP contribution in [-0.2, 0) is 16.0 Å². The lowest BCUT2D eigenvalue weighted by atomic mass is 9.87. The molecule has 0 saturated carbocycles. The third-order valence-electron chi connectivity index (χ3n) is 4.66. The smallest absolute Gasteiger partial charge is 0.332 e. The molecule has 0 bridgehead atoms. The van der Waals surface area contributed by atoms with Gasteiger partial charge in [0.2, 0.25) is 0 Å². The molecule has 0 N–H and O–H groups in total. The number of methoxy groups -OCH3 is 1. The predicted molar refractivity (Wildman–Crippen MR) is 91.6 cm³/mol. The van der Waals surface area contributed by atoms with Crippen molar-refractivity contribution < 1.29 is 14.3 Å². The Hall–Kier alpha value is -2.62. The number of hydrogen-bond acceptors (Lipinski definition) is 3. The summed E-state index contributed by atoms with van der Waals surface area (Å²) in [4.78, 5) is 27.4. The number of carbonyl (C=O) groups is 2. The van der Waals surface area contributed by atoms with Crippen LogP contribution in [-0.4, -0.2) is 36.0 Å². The molecule has 0 radical (unpaired) electrons. The summed E-state index contributed by atoms with van der Waals surface area (Å²) in [6.45, 7) is 0.565. The topological polar surface area (TPSA) is 46.6 Å². The summed E-state index contributed by atoms with van der Waals surface area (Å²) in [7, 11) is 1.39. The maximum atomic E-state index is 13.0. The van der Waals surface area contributed by atoms with E-state index in [2.05, 4.69) is 0 Å². The number of hydrogen-bond donors (Lipinski definition) is 0. The number of amides is 1. The molecule has 1 aliphatic rings. The zero-order valence-electron chi connectivity index (χ0n) is 13.8. The maximum absolute atomic E-state index is 13.0. The lowest BCUT2D eigenvalue weighted by Crippen LogP contribution is -2.55. The first-order chi connectivity index (χ1) is 11.7. The van der Waals surface area contributed by atoms with Gasteiger partial charge < -0.3 is 9.64 Å². The standard InChI is InChI=1S/C20H21NO3/c1-24-19(23)20(15-16-9-4-2-5-10-16)13-8-14-21(20)18(22)17-11-6-3-7-12-17/h2-7,9-12H,8,13-15H2,1H3. The minimum Gasteiger partial charge on any atom is -0.467 e. The van der Waals surface area contributed by atoms with E-state index in [1.165, 1.54) is 7.11 Å². The lowest BCUT2D eigenvalue weighted by Gasteiger charge is -2.36. The number of ether oxygens (including phenoxy) is 1. The Bertz CT molecular complexity index is 714. The summed E-state index contributed by atoms with van der Waals surface area (Å²) < 4.78 is 5.09. The molecule has 0 aromatic heterocycles. The summed E-state index contributed by atoms with van der Waals surface area (Å²) in [5, 5.41) is 0. The first kappa shape index (κ1) is 16.2. The van der Waals surface area contributed by atoms with Gasteiger partial charge >= 0.3 is 5.97 Å². The Morgan fingerprint density at radius 2 is 1.67 bits per heavy atom. The van der Waals surface area contributed by atoms with Crippen molar-refractivity contribution >= 4 is 11.9 Å². The van der Waals surface area contributed by atoms with Crippen molar-refractivity contribution in [1.29, 1.82) is 0 Å². The highest BCUT2D eigenvalue weighted by molar-refractivity contribution is 5.98. The Kier molecular flexibility index (Phi) is 4.65. The van der Waals surface area contributed by atoms with Gasteiger partial charge in [-0.1, -0.05) is 48.5 Å². The van der Waals surface area contributed by atoms with Gasteiger partial charge in [-0.2, -0.15) is 0 Å². The first-order valence-electron chi connectivity index (χ1n) is 8.17. The second-order valence-electron chi connectivity index (χ2n) is 6.11. The third kappa shape index (κ3) is 2.92. The molecule has 0 spiro atoms. The molecule has 0 aliphatic carbocycles. The SMILES string of the molecule is COC(=O)C1(Cc2ccccc2)CCCN1C(=O)c1ccccc1. The van der Waals surface area contributed by atoms with Crippen molar-refractivity contribution in [3.05, 3.63) is 71.8 Å². The molecule has 1 unspecified atom stereocenters. The van der Waals surface area contributed by atoms with Gasteiger partial charge in [-0.25, -0.2) is 4.79 Å². The van der Waals surface area contributed by atoms with Crippen LogP contribution in [0, 0.1) is 0 Å². The van der Waals surface area contributed by atoms with Gasteiger partial charge in [0, 0.05) is 18.5 Å². The number of nitrogens with zero attached hydrogens (tertiary/aromatic N) is 1. The van der Waals surface area contributed by atoms with Crippen LogP contribution in [0.1, 0.15) is 28.8 Å². The molecule has 1 heterocycles. The Balaban J connectivity index is 1.97. The van der Waals surface area contributed by atoms with Crippen LogP contribution in [0.15, 0.2) is 60.7 Å².